The average molecular weight is 637 g/mol. The summed E-state index contributed by atoms with van der Waals surface area (Å²) in [6.07, 6.45) is 6.84. The lowest BCUT2D eigenvalue weighted by Crippen LogP contribution is -3.09. The number of quaternary nitrogens is 4. The zero-order chi connectivity index (χ0) is 32.6. The first-order valence-electron chi connectivity index (χ1n) is 17.7. The summed E-state index contributed by atoms with van der Waals surface area (Å²) in [5, 5.41) is 0. The molecule has 6 heteroatoms. The van der Waals surface area contributed by atoms with Gasteiger partial charge in [0.25, 0.3) is 0 Å². The fourth-order valence-electron chi connectivity index (χ4n) is 4.69. The summed E-state index contributed by atoms with van der Waals surface area (Å²) in [6.45, 7) is 35.5. The molecule has 4 aliphatic rings. The standard InChI is InChI=1S/C8H17N.C7H16N2.C6H14N2.C6H13N.4C2H6.3CH4/c1-8-4-3-6-9(2)7-5-8;1-8-4-3-5-9(2)7-6-8;1-7-3-5-8(2)6-4-7;1-6-3-4-7(2)5-6;4*1-2;;;/h8-9H,2-7H2,1H3;8H,1,3-7H2,2H3;7H,1,3-6H2,2H3;6-7H,2-5H2,1H3;4*1-2H3;3*1H4. The van der Waals surface area contributed by atoms with Gasteiger partial charge in [0, 0.05) is 44.9 Å². The SMILES string of the molecule is C.C.C.CC.CC.CC.CC.[CH2-][NH+]1CCC(C)C1.[CH2-][NH+]1CCCC(C)CC1.[CH2-][NH+]1CCCN(C)CC1.[CH2-][NH+]1CCN(C)CC1. The summed E-state index contributed by atoms with van der Waals surface area (Å²) in [6, 6.07) is 0. The molecule has 278 valence electrons. The van der Waals surface area contributed by atoms with E-state index in [0.29, 0.717) is 0 Å². The molecule has 6 nitrogen and oxygen atoms in total. The van der Waals surface area contributed by atoms with E-state index < -0.39 is 0 Å². The number of rotatable bonds is 0. The third-order valence-electron chi connectivity index (χ3n) is 7.46. The van der Waals surface area contributed by atoms with E-state index in [4.69, 9.17) is 0 Å². The predicted octanol–water partition coefficient (Wildman–Crippen LogP) is 3.81. The molecule has 0 aromatic heterocycles. The summed E-state index contributed by atoms with van der Waals surface area (Å²) in [5.74, 6) is 1.87. The van der Waals surface area contributed by atoms with E-state index in [1.54, 1.807) is 0 Å². The monoisotopic (exact) mass is 637 g/mol. The molecule has 4 saturated heterocycles. The molecule has 5 unspecified atom stereocenters. The molecule has 4 aliphatic heterocycles. The lowest BCUT2D eigenvalue weighted by molar-refractivity contribution is -0.858. The van der Waals surface area contributed by atoms with Gasteiger partial charge in [-0.1, -0.05) is 91.5 Å². The summed E-state index contributed by atoms with van der Waals surface area (Å²) in [4.78, 5) is 10.5. The van der Waals surface area contributed by atoms with Crippen molar-refractivity contribution in [3.63, 3.8) is 0 Å². The Labute approximate surface area is 285 Å². The molecule has 4 fully saturated rings. The number of likely N-dealkylation sites (N-methyl/N-ethyl adjacent to an activating group) is 2. The minimum Gasteiger partial charge on any atom is -0.468 e. The van der Waals surface area contributed by atoms with Crippen LogP contribution in [0.15, 0.2) is 0 Å². The van der Waals surface area contributed by atoms with Gasteiger partial charge in [-0.15, -0.1) is 0 Å². The average Bonchev–Trinajstić information content (AvgIpc) is 3.14. The highest BCUT2D eigenvalue weighted by atomic mass is 15.2. The van der Waals surface area contributed by atoms with Crippen molar-refractivity contribution in [1.29, 1.82) is 0 Å². The van der Waals surface area contributed by atoms with E-state index >= 15 is 0 Å². The Kier molecular flexibility index (Phi) is 60.4. The van der Waals surface area contributed by atoms with Crippen molar-refractivity contribution in [2.24, 2.45) is 11.8 Å². The third-order valence-corrected chi connectivity index (χ3v) is 7.46. The maximum Gasteiger partial charge on any atom is 0.0660 e. The predicted molar refractivity (Wildman–Crippen MR) is 206 cm³/mol. The quantitative estimate of drug-likeness (QED) is 0.304. The lowest BCUT2D eigenvalue weighted by atomic mass is 10.0. The topological polar surface area (TPSA) is 24.2 Å². The van der Waals surface area contributed by atoms with E-state index in [0.717, 1.165) is 11.8 Å². The molecule has 0 aromatic rings. The molecular weight excluding hydrogens is 540 g/mol. The van der Waals surface area contributed by atoms with Crippen LogP contribution in [0.2, 0.25) is 0 Å². The van der Waals surface area contributed by atoms with Gasteiger partial charge in [-0.3, -0.25) is 4.90 Å². The van der Waals surface area contributed by atoms with Gasteiger partial charge in [0.05, 0.1) is 52.4 Å². The highest BCUT2D eigenvalue weighted by molar-refractivity contribution is 4.56. The van der Waals surface area contributed by atoms with Gasteiger partial charge in [-0.25, -0.2) is 0 Å². The van der Waals surface area contributed by atoms with E-state index in [1.807, 2.05) is 55.4 Å². The van der Waals surface area contributed by atoms with Crippen LogP contribution in [0.3, 0.4) is 0 Å². The number of piperazine rings is 1. The maximum atomic E-state index is 4.01. The second-order valence-electron chi connectivity index (χ2n) is 11.3. The Hall–Kier alpha value is -0.240. The molecule has 0 spiro atoms. The van der Waals surface area contributed by atoms with Gasteiger partial charge in [-0.2, -0.15) is 28.2 Å². The van der Waals surface area contributed by atoms with Crippen molar-refractivity contribution in [1.82, 2.24) is 9.80 Å². The van der Waals surface area contributed by atoms with Crippen LogP contribution in [-0.4, -0.2) is 102 Å². The summed E-state index contributed by atoms with van der Waals surface area (Å²) in [5.41, 5.74) is 0. The number of hydrogen-bond acceptors (Lipinski definition) is 2. The zero-order valence-electron chi connectivity index (χ0n) is 30.9. The van der Waals surface area contributed by atoms with Crippen molar-refractivity contribution in [3.05, 3.63) is 28.2 Å². The summed E-state index contributed by atoms with van der Waals surface area (Å²) in [7, 11) is 20.2. The van der Waals surface area contributed by atoms with Gasteiger partial charge in [0.15, 0.2) is 0 Å². The largest absolute Gasteiger partial charge is 0.468 e. The number of likely N-dealkylation sites (tertiary alicyclic amines) is 2. The molecule has 5 atom stereocenters. The van der Waals surface area contributed by atoms with Gasteiger partial charge in [-0.05, 0) is 39.3 Å². The van der Waals surface area contributed by atoms with Crippen molar-refractivity contribution < 1.29 is 19.6 Å². The van der Waals surface area contributed by atoms with Crippen molar-refractivity contribution >= 4 is 0 Å². The molecule has 0 aliphatic carbocycles. The van der Waals surface area contributed by atoms with Gasteiger partial charge in [0.2, 0.25) is 0 Å². The normalized spacial score (nSPS) is 26.3. The lowest BCUT2D eigenvalue weighted by Gasteiger charge is -2.31. The van der Waals surface area contributed by atoms with Gasteiger partial charge < -0.3 is 24.5 Å². The van der Waals surface area contributed by atoms with Crippen LogP contribution in [0.25, 0.3) is 0 Å². The van der Waals surface area contributed by atoms with Crippen LogP contribution in [0.1, 0.15) is 124 Å². The van der Waals surface area contributed by atoms with Crippen molar-refractivity contribution in [2.45, 2.75) is 124 Å². The van der Waals surface area contributed by atoms with Crippen LogP contribution in [-0.2, 0) is 0 Å². The molecular formula is C38H96N6. The Morgan fingerprint density at radius 3 is 1.16 bits per heavy atom. The number of nitrogens with zero attached hydrogens (tertiary/aromatic N) is 2. The van der Waals surface area contributed by atoms with Gasteiger partial charge in [0.1, 0.15) is 0 Å². The molecule has 0 saturated carbocycles. The molecule has 4 N–H and O–H groups in total. The van der Waals surface area contributed by atoms with Crippen LogP contribution in [0.5, 0.6) is 0 Å². The fraction of sp³-hybridized carbons (Fsp3) is 0.895. The highest BCUT2D eigenvalue weighted by Gasteiger charge is 2.14. The van der Waals surface area contributed by atoms with Gasteiger partial charge >= 0.3 is 0 Å². The van der Waals surface area contributed by atoms with Crippen LogP contribution in [0, 0.1) is 40.0 Å². The van der Waals surface area contributed by atoms with Crippen LogP contribution in [0.4, 0.5) is 0 Å². The Morgan fingerprint density at radius 1 is 0.432 bits per heavy atom. The van der Waals surface area contributed by atoms with Crippen LogP contribution >= 0.6 is 0 Å². The minimum atomic E-state index is 0. The molecule has 4 heterocycles. The second-order valence-corrected chi connectivity index (χ2v) is 11.3. The first kappa shape index (κ1) is 59.2. The maximum absolute atomic E-state index is 4.01. The van der Waals surface area contributed by atoms with Crippen molar-refractivity contribution in [2.75, 3.05) is 92.6 Å². The third kappa shape index (κ3) is 41.8. The van der Waals surface area contributed by atoms with E-state index in [9.17, 15) is 0 Å². The number of nitrogens with one attached hydrogen (secondary N) is 4. The molecule has 0 aromatic carbocycles. The Bertz CT molecular complexity index is 397. The van der Waals surface area contributed by atoms with Crippen LogP contribution < -0.4 is 19.6 Å². The fourth-order valence-corrected chi connectivity index (χ4v) is 4.69. The van der Waals surface area contributed by atoms with E-state index in [1.165, 1.54) is 130 Å². The Morgan fingerprint density at radius 2 is 0.773 bits per heavy atom. The molecule has 0 radical (unpaired) electrons. The minimum absolute atomic E-state index is 0. The molecule has 44 heavy (non-hydrogen) atoms. The van der Waals surface area contributed by atoms with Crippen molar-refractivity contribution in [3.8, 4) is 0 Å². The molecule has 0 bridgehead atoms. The number of hydrogen-bond donors (Lipinski definition) is 4. The highest BCUT2D eigenvalue weighted by Crippen LogP contribution is 2.09. The van der Waals surface area contributed by atoms with E-state index in [2.05, 4.69) is 65.9 Å². The first-order valence-corrected chi connectivity index (χ1v) is 17.7. The summed E-state index contributed by atoms with van der Waals surface area (Å²) >= 11 is 0. The zero-order valence-corrected chi connectivity index (χ0v) is 30.9. The van der Waals surface area contributed by atoms with E-state index in [-0.39, 0.29) is 22.3 Å². The second kappa shape index (κ2) is 44.9. The molecule has 0 amide bonds. The molecule has 4 rings (SSSR count). The smallest absolute Gasteiger partial charge is 0.0660 e. The summed E-state index contributed by atoms with van der Waals surface area (Å²) < 4.78 is 0. The Balaban J connectivity index is -0.0000000755. The first-order chi connectivity index (χ1) is 19.7.